The topological polar surface area (TPSA) is 75.7 Å². The number of hydrogen-bond donors (Lipinski definition) is 1. The van der Waals surface area contributed by atoms with E-state index in [-0.39, 0.29) is 10.8 Å². The van der Waals surface area contributed by atoms with Gasteiger partial charge in [-0.1, -0.05) is 48.5 Å². The number of carbonyl (C=O) groups excluding carboxylic acids is 1. The largest absolute Gasteiger partial charge is 0.495 e. The van der Waals surface area contributed by atoms with Crippen molar-refractivity contribution < 1.29 is 17.9 Å². The van der Waals surface area contributed by atoms with Crippen LogP contribution in [-0.2, 0) is 27.8 Å². The number of nitrogens with zero attached hydrogens (tertiary/aromatic N) is 1. The first-order valence-corrected chi connectivity index (χ1v) is 11.7. The highest BCUT2D eigenvalue weighted by atomic mass is 32.2. The van der Waals surface area contributed by atoms with Gasteiger partial charge in [-0.15, -0.1) is 0 Å². The van der Waals surface area contributed by atoms with Crippen molar-refractivity contribution in [2.75, 3.05) is 18.4 Å². The number of anilines is 1. The maximum Gasteiger partial charge on any atom is 0.262 e. The lowest BCUT2D eigenvalue weighted by Gasteiger charge is -2.27. The Labute approximate surface area is 188 Å². The van der Waals surface area contributed by atoms with Gasteiger partial charge in [0.25, 0.3) is 10.0 Å². The minimum atomic E-state index is -3.77. The Balaban J connectivity index is 1.42. The quantitative estimate of drug-likeness (QED) is 0.576. The number of carbonyl (C=O) groups is 1. The van der Waals surface area contributed by atoms with Gasteiger partial charge in [-0.2, -0.15) is 0 Å². The third-order valence-electron chi connectivity index (χ3n) is 5.40. The molecule has 1 heterocycles. The van der Waals surface area contributed by atoms with Crippen molar-refractivity contribution in [1.82, 2.24) is 4.90 Å². The Morgan fingerprint density at radius 2 is 1.66 bits per heavy atom. The van der Waals surface area contributed by atoms with E-state index in [1.54, 1.807) is 42.5 Å². The molecule has 0 saturated carbocycles. The van der Waals surface area contributed by atoms with Crippen LogP contribution in [0.15, 0.2) is 83.8 Å². The summed E-state index contributed by atoms with van der Waals surface area (Å²) in [5, 5.41) is 0. The Morgan fingerprint density at radius 1 is 0.969 bits per heavy atom. The van der Waals surface area contributed by atoms with Crippen LogP contribution >= 0.6 is 0 Å². The van der Waals surface area contributed by atoms with Crippen LogP contribution in [0, 0.1) is 0 Å². The predicted molar refractivity (Wildman–Crippen MR) is 125 cm³/mol. The molecule has 0 radical (unpaired) electrons. The molecule has 0 spiro atoms. The summed E-state index contributed by atoms with van der Waals surface area (Å²) in [5.74, 6) is 0.378. The number of para-hydroxylation sites is 2. The maximum absolute atomic E-state index is 12.7. The smallest absolute Gasteiger partial charge is 0.262 e. The fourth-order valence-electron chi connectivity index (χ4n) is 3.65. The van der Waals surface area contributed by atoms with E-state index in [1.165, 1.54) is 36.4 Å². The van der Waals surface area contributed by atoms with E-state index in [0.29, 0.717) is 24.5 Å². The molecule has 164 valence electrons. The van der Waals surface area contributed by atoms with E-state index in [1.807, 2.05) is 17.0 Å². The molecule has 3 aromatic carbocycles. The first-order chi connectivity index (χ1) is 15.5. The number of amides is 1. The van der Waals surface area contributed by atoms with Crippen LogP contribution in [0.1, 0.15) is 16.7 Å². The molecule has 0 fully saturated rings. The number of sulfonamides is 1. The summed E-state index contributed by atoms with van der Waals surface area (Å²) in [7, 11) is -2.28. The lowest BCUT2D eigenvalue weighted by molar-refractivity contribution is -0.126. The van der Waals surface area contributed by atoms with Gasteiger partial charge >= 0.3 is 0 Å². The van der Waals surface area contributed by atoms with Crippen molar-refractivity contribution in [2.24, 2.45) is 0 Å². The monoisotopic (exact) mass is 448 g/mol. The van der Waals surface area contributed by atoms with E-state index >= 15 is 0 Å². The van der Waals surface area contributed by atoms with Crippen molar-refractivity contribution in [1.29, 1.82) is 0 Å². The highest BCUT2D eigenvalue weighted by Gasteiger charge is 2.19. The molecule has 7 heteroatoms. The lowest BCUT2D eigenvalue weighted by Crippen LogP contribution is -2.34. The van der Waals surface area contributed by atoms with Crippen LogP contribution in [0.4, 0.5) is 5.69 Å². The van der Waals surface area contributed by atoms with Gasteiger partial charge in [0.05, 0.1) is 17.7 Å². The van der Waals surface area contributed by atoms with Gasteiger partial charge in [-0.05, 0) is 53.5 Å². The molecule has 0 aromatic heterocycles. The second-order valence-corrected chi connectivity index (χ2v) is 9.17. The molecule has 1 aliphatic rings. The fraction of sp³-hybridized carbons (Fsp3) is 0.160. The molecule has 0 unspecified atom stereocenters. The molecule has 0 bridgehead atoms. The van der Waals surface area contributed by atoms with Crippen LogP contribution < -0.4 is 9.46 Å². The summed E-state index contributed by atoms with van der Waals surface area (Å²) in [6.07, 6.45) is 4.08. The summed E-state index contributed by atoms with van der Waals surface area (Å²) in [6.45, 7) is 1.29. The second-order valence-electron chi connectivity index (χ2n) is 7.49. The molecule has 3 aromatic rings. The van der Waals surface area contributed by atoms with Gasteiger partial charge in [-0.25, -0.2) is 8.42 Å². The number of methoxy groups -OCH3 is 1. The number of nitrogens with one attached hydrogen (secondary N) is 1. The third-order valence-corrected chi connectivity index (χ3v) is 6.78. The first kappa shape index (κ1) is 21.6. The third kappa shape index (κ3) is 4.84. The Morgan fingerprint density at radius 3 is 2.41 bits per heavy atom. The summed E-state index contributed by atoms with van der Waals surface area (Å²) in [5.41, 5.74) is 3.58. The van der Waals surface area contributed by atoms with Crippen molar-refractivity contribution in [3.63, 3.8) is 0 Å². The van der Waals surface area contributed by atoms with E-state index in [4.69, 9.17) is 4.74 Å². The van der Waals surface area contributed by atoms with Crippen molar-refractivity contribution in [3.05, 3.63) is 95.6 Å². The number of rotatable bonds is 6. The van der Waals surface area contributed by atoms with Gasteiger partial charge in [0.2, 0.25) is 5.91 Å². The highest BCUT2D eigenvalue weighted by Crippen LogP contribution is 2.26. The van der Waals surface area contributed by atoms with E-state index in [2.05, 4.69) is 16.9 Å². The molecular formula is C25H24N2O4S. The zero-order valence-electron chi connectivity index (χ0n) is 17.7. The average molecular weight is 449 g/mol. The van der Waals surface area contributed by atoms with E-state index < -0.39 is 10.0 Å². The molecule has 0 aliphatic carbocycles. The van der Waals surface area contributed by atoms with Crippen LogP contribution in [0.3, 0.4) is 0 Å². The molecular weight excluding hydrogens is 424 g/mol. The molecule has 1 aliphatic heterocycles. The summed E-state index contributed by atoms with van der Waals surface area (Å²) in [6, 6.07) is 21.3. The first-order valence-electron chi connectivity index (χ1n) is 10.3. The minimum absolute atomic E-state index is 0.0611. The number of benzene rings is 3. The van der Waals surface area contributed by atoms with Crippen molar-refractivity contribution >= 4 is 27.7 Å². The molecule has 1 N–H and O–H groups in total. The van der Waals surface area contributed by atoms with Crippen molar-refractivity contribution in [3.8, 4) is 5.75 Å². The fourth-order valence-corrected chi connectivity index (χ4v) is 4.72. The van der Waals surface area contributed by atoms with Crippen LogP contribution in [-0.4, -0.2) is 32.9 Å². The number of hydrogen-bond acceptors (Lipinski definition) is 4. The number of fused-ring (bicyclic) bond motifs is 1. The van der Waals surface area contributed by atoms with Crippen LogP contribution in [0.5, 0.6) is 5.75 Å². The highest BCUT2D eigenvalue weighted by molar-refractivity contribution is 7.92. The van der Waals surface area contributed by atoms with Gasteiger partial charge in [0.15, 0.2) is 0 Å². The summed E-state index contributed by atoms with van der Waals surface area (Å²) in [4.78, 5) is 14.5. The molecule has 6 nitrogen and oxygen atoms in total. The van der Waals surface area contributed by atoms with Crippen molar-refractivity contribution in [2.45, 2.75) is 17.9 Å². The van der Waals surface area contributed by atoms with E-state index in [9.17, 15) is 13.2 Å². The minimum Gasteiger partial charge on any atom is -0.495 e. The van der Waals surface area contributed by atoms with E-state index in [0.717, 1.165) is 12.0 Å². The SMILES string of the molecule is COc1ccccc1NS(=O)(=O)c1ccc(/C=C/C(=O)N2CCc3ccccc3C2)cc1. The number of ether oxygens (including phenoxy) is 1. The van der Waals surface area contributed by atoms with Gasteiger partial charge in [0.1, 0.15) is 5.75 Å². The van der Waals surface area contributed by atoms with Crippen LogP contribution in [0.2, 0.25) is 0 Å². The Bertz CT molecular complexity index is 1250. The molecule has 0 atom stereocenters. The normalized spacial score (nSPS) is 13.6. The zero-order valence-corrected chi connectivity index (χ0v) is 18.5. The molecule has 32 heavy (non-hydrogen) atoms. The molecule has 1 amide bonds. The standard InChI is InChI=1S/C25H24N2O4S/c1-31-24-9-5-4-8-23(24)26-32(29,30)22-13-10-19(11-14-22)12-15-25(28)27-17-16-20-6-2-3-7-21(20)18-27/h2-15,26H,16-18H2,1H3/b15-12+. The predicted octanol–water partition coefficient (Wildman–Crippen LogP) is 4.09. The average Bonchev–Trinajstić information content (AvgIpc) is 2.82. The second kappa shape index (κ2) is 9.28. The van der Waals surface area contributed by atoms with Gasteiger partial charge < -0.3 is 9.64 Å². The zero-order chi connectivity index (χ0) is 22.6. The Kier molecular flexibility index (Phi) is 6.28. The molecule has 0 saturated heterocycles. The van der Waals surface area contributed by atoms with Gasteiger partial charge in [0, 0.05) is 19.2 Å². The maximum atomic E-state index is 12.7. The molecule has 4 rings (SSSR count). The Hall–Kier alpha value is -3.58. The lowest BCUT2D eigenvalue weighted by atomic mass is 10.00. The summed E-state index contributed by atoms with van der Waals surface area (Å²) >= 11 is 0. The summed E-state index contributed by atoms with van der Waals surface area (Å²) < 4.78 is 33.2. The van der Waals surface area contributed by atoms with Crippen LogP contribution in [0.25, 0.3) is 6.08 Å². The van der Waals surface area contributed by atoms with Gasteiger partial charge in [-0.3, -0.25) is 9.52 Å².